The van der Waals surface area contributed by atoms with Gasteiger partial charge in [-0.05, 0) is 30.9 Å². The van der Waals surface area contributed by atoms with E-state index >= 15 is 0 Å². The zero-order valence-corrected chi connectivity index (χ0v) is 12.9. The third kappa shape index (κ3) is 6.45. The lowest BCUT2D eigenvalue weighted by Gasteiger charge is -2.19. The maximum absolute atomic E-state index is 3.63. The van der Waals surface area contributed by atoms with E-state index in [1.807, 2.05) is 0 Å². The molecule has 0 unspecified atom stereocenters. The molecule has 1 aliphatic carbocycles. The van der Waals surface area contributed by atoms with Gasteiger partial charge in [0.2, 0.25) is 0 Å². The standard InChI is InChI=1S/C19H31N/c1-2-4-6-9-13-18(14-10-7-5-3-1)17-20-19-15-11-8-12-16-19/h8,11-12,15-16,18,20H,1-7,9-10,13-14,17H2. The highest BCUT2D eigenvalue weighted by Gasteiger charge is 2.09. The number of anilines is 1. The fourth-order valence-corrected chi connectivity index (χ4v) is 3.27. The molecule has 0 amide bonds. The van der Waals surface area contributed by atoms with Crippen LogP contribution in [0.1, 0.15) is 70.6 Å². The van der Waals surface area contributed by atoms with Gasteiger partial charge in [-0.2, -0.15) is 0 Å². The molecule has 1 nitrogen and oxygen atoms in total. The number of benzene rings is 1. The predicted molar refractivity (Wildman–Crippen MR) is 89.2 cm³/mol. The van der Waals surface area contributed by atoms with Crippen molar-refractivity contribution in [2.24, 2.45) is 5.92 Å². The summed E-state index contributed by atoms with van der Waals surface area (Å²) < 4.78 is 0. The fraction of sp³-hybridized carbons (Fsp3) is 0.684. The summed E-state index contributed by atoms with van der Waals surface area (Å²) in [6, 6.07) is 10.7. The van der Waals surface area contributed by atoms with E-state index in [0.717, 1.165) is 12.5 Å². The lowest BCUT2D eigenvalue weighted by molar-refractivity contribution is 0.409. The van der Waals surface area contributed by atoms with E-state index in [2.05, 4.69) is 35.6 Å². The van der Waals surface area contributed by atoms with Crippen molar-refractivity contribution >= 4 is 5.69 Å². The van der Waals surface area contributed by atoms with Crippen LogP contribution in [0.15, 0.2) is 30.3 Å². The van der Waals surface area contributed by atoms with Gasteiger partial charge in [-0.1, -0.05) is 76.0 Å². The van der Waals surface area contributed by atoms with Crippen molar-refractivity contribution in [3.05, 3.63) is 30.3 Å². The van der Waals surface area contributed by atoms with E-state index in [1.54, 1.807) is 0 Å². The molecule has 1 heteroatoms. The Morgan fingerprint density at radius 1 is 0.700 bits per heavy atom. The van der Waals surface area contributed by atoms with Crippen LogP contribution in [-0.2, 0) is 0 Å². The molecule has 0 bridgehead atoms. The predicted octanol–water partition coefficient (Wildman–Crippen LogP) is 6.02. The average Bonchev–Trinajstić information content (AvgIpc) is 2.48. The minimum Gasteiger partial charge on any atom is -0.385 e. The molecule has 0 aromatic heterocycles. The Balaban J connectivity index is 1.74. The van der Waals surface area contributed by atoms with Gasteiger partial charge in [-0.25, -0.2) is 0 Å². The molecule has 0 aliphatic heterocycles. The summed E-state index contributed by atoms with van der Waals surface area (Å²) in [5.74, 6) is 0.870. The molecule has 0 atom stereocenters. The zero-order valence-electron chi connectivity index (χ0n) is 12.9. The van der Waals surface area contributed by atoms with E-state index < -0.39 is 0 Å². The average molecular weight is 273 g/mol. The molecule has 1 aromatic rings. The van der Waals surface area contributed by atoms with E-state index in [9.17, 15) is 0 Å². The summed E-state index contributed by atoms with van der Waals surface area (Å²) >= 11 is 0. The van der Waals surface area contributed by atoms with Gasteiger partial charge >= 0.3 is 0 Å². The molecule has 112 valence electrons. The van der Waals surface area contributed by atoms with Crippen molar-refractivity contribution in [2.45, 2.75) is 70.6 Å². The Kier molecular flexibility index (Phi) is 7.59. The maximum Gasteiger partial charge on any atom is 0.0340 e. The van der Waals surface area contributed by atoms with Crippen molar-refractivity contribution < 1.29 is 0 Å². The van der Waals surface area contributed by atoms with Gasteiger partial charge in [0.15, 0.2) is 0 Å². The summed E-state index contributed by atoms with van der Waals surface area (Å²) in [6.45, 7) is 1.16. The Morgan fingerprint density at radius 3 is 1.75 bits per heavy atom. The summed E-state index contributed by atoms with van der Waals surface area (Å²) in [5, 5.41) is 3.63. The Labute approximate surface area is 125 Å². The van der Waals surface area contributed by atoms with Crippen molar-refractivity contribution in [2.75, 3.05) is 11.9 Å². The lowest BCUT2D eigenvalue weighted by Crippen LogP contribution is -2.14. The van der Waals surface area contributed by atoms with Crippen molar-refractivity contribution in [1.82, 2.24) is 0 Å². The van der Waals surface area contributed by atoms with Gasteiger partial charge < -0.3 is 5.32 Å². The van der Waals surface area contributed by atoms with Crippen LogP contribution in [-0.4, -0.2) is 6.54 Å². The highest BCUT2D eigenvalue weighted by atomic mass is 14.9. The molecule has 1 aromatic carbocycles. The normalized spacial score (nSPS) is 19.8. The van der Waals surface area contributed by atoms with Crippen molar-refractivity contribution in [3.8, 4) is 0 Å². The fourth-order valence-electron chi connectivity index (χ4n) is 3.27. The summed E-state index contributed by atoms with van der Waals surface area (Å²) in [6.07, 6.45) is 15.9. The van der Waals surface area contributed by atoms with E-state index in [1.165, 1.54) is 76.3 Å². The smallest absolute Gasteiger partial charge is 0.0340 e. The minimum absolute atomic E-state index is 0.870. The number of hydrogen-bond acceptors (Lipinski definition) is 1. The van der Waals surface area contributed by atoms with E-state index in [4.69, 9.17) is 0 Å². The molecule has 1 fully saturated rings. The monoisotopic (exact) mass is 273 g/mol. The van der Waals surface area contributed by atoms with E-state index in [-0.39, 0.29) is 0 Å². The largest absolute Gasteiger partial charge is 0.385 e. The van der Waals surface area contributed by atoms with Crippen LogP contribution in [0.2, 0.25) is 0 Å². The van der Waals surface area contributed by atoms with Crippen molar-refractivity contribution in [3.63, 3.8) is 0 Å². The van der Waals surface area contributed by atoms with Crippen LogP contribution in [0.4, 0.5) is 5.69 Å². The van der Waals surface area contributed by atoms with E-state index in [0.29, 0.717) is 0 Å². The first kappa shape index (κ1) is 15.4. The second-order valence-electron chi connectivity index (χ2n) is 6.37. The SMILES string of the molecule is c1ccc(NCC2CCCCCCCCCCC2)cc1. The van der Waals surface area contributed by atoms with Gasteiger partial charge in [0.05, 0.1) is 0 Å². The van der Waals surface area contributed by atoms with Gasteiger partial charge in [0, 0.05) is 12.2 Å². The third-order valence-electron chi connectivity index (χ3n) is 4.59. The van der Waals surface area contributed by atoms with Crippen LogP contribution < -0.4 is 5.32 Å². The highest BCUT2D eigenvalue weighted by molar-refractivity contribution is 5.42. The van der Waals surface area contributed by atoms with Crippen LogP contribution in [0.3, 0.4) is 0 Å². The molecule has 0 radical (unpaired) electrons. The Hall–Kier alpha value is -0.980. The number of nitrogens with one attached hydrogen (secondary N) is 1. The molecule has 1 N–H and O–H groups in total. The number of hydrogen-bond donors (Lipinski definition) is 1. The lowest BCUT2D eigenvalue weighted by atomic mass is 9.93. The molecule has 1 saturated carbocycles. The first-order valence-electron chi connectivity index (χ1n) is 8.74. The Morgan fingerprint density at radius 2 is 1.20 bits per heavy atom. The van der Waals surface area contributed by atoms with Crippen LogP contribution in [0, 0.1) is 5.92 Å². The molecule has 2 rings (SSSR count). The highest BCUT2D eigenvalue weighted by Crippen LogP contribution is 2.21. The quantitative estimate of drug-likeness (QED) is 0.710. The molecule has 0 saturated heterocycles. The first-order valence-corrected chi connectivity index (χ1v) is 8.74. The molecular formula is C19H31N. The molecule has 0 spiro atoms. The second kappa shape index (κ2) is 9.85. The number of para-hydroxylation sites is 1. The summed E-state index contributed by atoms with van der Waals surface area (Å²) in [7, 11) is 0. The summed E-state index contributed by atoms with van der Waals surface area (Å²) in [4.78, 5) is 0. The summed E-state index contributed by atoms with van der Waals surface area (Å²) in [5.41, 5.74) is 1.28. The zero-order chi connectivity index (χ0) is 13.9. The second-order valence-corrected chi connectivity index (χ2v) is 6.37. The van der Waals surface area contributed by atoms with Gasteiger partial charge in [0.25, 0.3) is 0 Å². The van der Waals surface area contributed by atoms with Crippen LogP contribution >= 0.6 is 0 Å². The molecular weight excluding hydrogens is 242 g/mol. The maximum atomic E-state index is 3.63. The topological polar surface area (TPSA) is 12.0 Å². The van der Waals surface area contributed by atoms with Gasteiger partial charge in [-0.15, -0.1) is 0 Å². The third-order valence-corrected chi connectivity index (χ3v) is 4.59. The van der Waals surface area contributed by atoms with Crippen LogP contribution in [0.5, 0.6) is 0 Å². The van der Waals surface area contributed by atoms with Gasteiger partial charge in [-0.3, -0.25) is 0 Å². The molecule has 0 heterocycles. The Bertz CT molecular complexity index is 321. The van der Waals surface area contributed by atoms with Crippen molar-refractivity contribution in [1.29, 1.82) is 0 Å². The van der Waals surface area contributed by atoms with Gasteiger partial charge in [0.1, 0.15) is 0 Å². The minimum atomic E-state index is 0.870. The van der Waals surface area contributed by atoms with Crippen LogP contribution in [0.25, 0.3) is 0 Å². The number of rotatable bonds is 3. The first-order chi connectivity index (χ1) is 9.95. The molecule has 1 aliphatic rings. The molecule has 20 heavy (non-hydrogen) atoms.